The molecule has 8 rings (SSSR count). The van der Waals surface area contributed by atoms with Crippen molar-refractivity contribution in [2.45, 2.75) is 20.8 Å². The van der Waals surface area contributed by atoms with Crippen LogP contribution in [0.15, 0.2) is 127 Å². The van der Waals surface area contributed by atoms with Crippen molar-refractivity contribution in [2.75, 3.05) is 0 Å². The number of hydrogen-bond acceptors (Lipinski definition) is 2. The van der Waals surface area contributed by atoms with Crippen LogP contribution in [-0.2, 0) is 0 Å². The molecule has 3 heterocycles. The minimum Gasteiger partial charge on any atom is -0.295 e. The summed E-state index contributed by atoms with van der Waals surface area (Å²) in [7, 11) is 0. The van der Waals surface area contributed by atoms with Gasteiger partial charge in [-0.25, -0.2) is 9.97 Å². The number of aryl methyl sites for hydroxylation is 3. The van der Waals surface area contributed by atoms with Crippen LogP contribution in [0.5, 0.6) is 0 Å². The highest BCUT2D eigenvalue weighted by Gasteiger charge is 2.24. The maximum absolute atomic E-state index is 5.27. The van der Waals surface area contributed by atoms with Gasteiger partial charge < -0.3 is 0 Å². The molecule has 0 unspecified atom stereocenters. The number of hydrogen-bond donors (Lipinski definition) is 0. The van der Waals surface area contributed by atoms with Gasteiger partial charge in [-0.2, -0.15) is 0 Å². The molecule has 3 aromatic heterocycles. The van der Waals surface area contributed by atoms with Gasteiger partial charge in [0.1, 0.15) is 11.5 Å². The summed E-state index contributed by atoms with van der Waals surface area (Å²) in [4.78, 5) is 10.3. The normalized spacial score (nSPS) is 11.6. The first kappa shape index (κ1) is 25.2. The van der Waals surface area contributed by atoms with Gasteiger partial charge in [0.25, 0.3) is 0 Å². The predicted molar refractivity (Wildman–Crippen MR) is 178 cm³/mol. The van der Waals surface area contributed by atoms with Gasteiger partial charge in [-0.3, -0.25) is 9.13 Å². The zero-order chi connectivity index (χ0) is 29.1. The van der Waals surface area contributed by atoms with Crippen molar-refractivity contribution in [3.8, 4) is 34.2 Å². The summed E-state index contributed by atoms with van der Waals surface area (Å²) >= 11 is 0. The van der Waals surface area contributed by atoms with E-state index >= 15 is 0 Å². The van der Waals surface area contributed by atoms with Crippen molar-refractivity contribution in [3.63, 3.8) is 0 Å². The van der Waals surface area contributed by atoms with E-state index < -0.39 is 0 Å². The topological polar surface area (TPSA) is 35.6 Å². The van der Waals surface area contributed by atoms with E-state index in [1.165, 1.54) is 38.4 Å². The van der Waals surface area contributed by atoms with E-state index in [4.69, 9.17) is 9.97 Å². The monoisotopic (exact) mass is 554 g/mol. The zero-order valence-electron chi connectivity index (χ0n) is 24.4. The van der Waals surface area contributed by atoms with Crippen molar-refractivity contribution in [2.24, 2.45) is 0 Å². The van der Waals surface area contributed by atoms with Crippen LogP contribution in [0.3, 0.4) is 0 Å². The van der Waals surface area contributed by atoms with Crippen LogP contribution in [0, 0.1) is 20.8 Å². The molecule has 5 aromatic carbocycles. The zero-order valence-corrected chi connectivity index (χ0v) is 24.4. The molecular formula is C39H30N4. The molecule has 0 saturated heterocycles. The number of fused-ring (bicyclic) bond motifs is 5. The van der Waals surface area contributed by atoms with Gasteiger partial charge in [-0.05, 0) is 57.2 Å². The van der Waals surface area contributed by atoms with E-state index in [-0.39, 0.29) is 0 Å². The molecule has 0 N–H and O–H groups in total. The average Bonchev–Trinajstić information content (AvgIpc) is 3.54. The predicted octanol–water partition coefficient (Wildman–Crippen LogP) is 9.78. The van der Waals surface area contributed by atoms with Crippen LogP contribution in [0.25, 0.3) is 67.0 Å². The van der Waals surface area contributed by atoms with Gasteiger partial charge in [0.05, 0.1) is 16.7 Å². The standard InChI is InChI=1S/C39H30N4/c1-25-14-18-30(19-15-25)42-34-20-16-26(2)22-31(34)37-32-23-27(3)17-21-35(32)43(39(37)42)36-24-33(28-10-6-4-7-11-28)40-38(41-36)29-12-8-5-9-13-29/h4-24H,1-3H3. The van der Waals surface area contributed by atoms with Crippen molar-refractivity contribution in [1.29, 1.82) is 0 Å². The molecular weight excluding hydrogens is 524 g/mol. The van der Waals surface area contributed by atoms with Crippen LogP contribution in [-0.4, -0.2) is 19.1 Å². The summed E-state index contributed by atoms with van der Waals surface area (Å²) in [5.74, 6) is 1.54. The Kier molecular flexibility index (Phi) is 5.76. The van der Waals surface area contributed by atoms with Crippen LogP contribution >= 0.6 is 0 Å². The number of rotatable bonds is 4. The second-order valence-electron chi connectivity index (χ2n) is 11.4. The van der Waals surface area contributed by atoms with Gasteiger partial charge in [0.2, 0.25) is 0 Å². The van der Waals surface area contributed by atoms with Gasteiger partial charge >= 0.3 is 0 Å². The van der Waals surface area contributed by atoms with Crippen LogP contribution < -0.4 is 0 Å². The second-order valence-corrected chi connectivity index (χ2v) is 11.4. The lowest BCUT2D eigenvalue weighted by Gasteiger charge is -2.15. The largest absolute Gasteiger partial charge is 0.295 e. The van der Waals surface area contributed by atoms with Crippen LogP contribution in [0.4, 0.5) is 0 Å². The quantitative estimate of drug-likeness (QED) is 0.217. The van der Waals surface area contributed by atoms with E-state index in [1.807, 2.05) is 24.3 Å². The van der Waals surface area contributed by atoms with Gasteiger partial charge in [-0.1, -0.05) is 102 Å². The lowest BCUT2D eigenvalue weighted by atomic mass is 10.1. The van der Waals surface area contributed by atoms with E-state index in [2.05, 4.69) is 133 Å². The van der Waals surface area contributed by atoms with Crippen molar-refractivity contribution >= 4 is 32.8 Å². The first-order valence-corrected chi connectivity index (χ1v) is 14.7. The van der Waals surface area contributed by atoms with Crippen LogP contribution in [0.1, 0.15) is 16.7 Å². The molecule has 4 heteroatoms. The fraction of sp³-hybridized carbons (Fsp3) is 0.0769. The fourth-order valence-electron chi connectivity index (χ4n) is 6.24. The second kappa shape index (κ2) is 9.81. The SMILES string of the molecule is Cc1ccc(-n2c3ccc(C)cc3c3c4cc(C)ccc4n(-c4cc(-c5ccccc5)nc(-c5ccccc5)n4)c32)cc1. The Hall–Kier alpha value is -5.48. The minimum atomic E-state index is 0.702. The number of nitrogens with zero attached hydrogens (tertiary/aromatic N) is 4. The van der Waals surface area contributed by atoms with Crippen LogP contribution in [0.2, 0.25) is 0 Å². The lowest BCUT2D eigenvalue weighted by Crippen LogP contribution is -2.06. The minimum absolute atomic E-state index is 0.702. The molecule has 4 nitrogen and oxygen atoms in total. The summed E-state index contributed by atoms with van der Waals surface area (Å²) < 4.78 is 4.73. The summed E-state index contributed by atoms with van der Waals surface area (Å²) in [6.45, 7) is 6.47. The third-order valence-electron chi connectivity index (χ3n) is 8.31. The highest BCUT2D eigenvalue weighted by Crippen LogP contribution is 2.41. The molecule has 0 saturated carbocycles. The summed E-state index contributed by atoms with van der Waals surface area (Å²) in [5, 5.41) is 3.70. The van der Waals surface area contributed by atoms with Gasteiger partial charge in [-0.15, -0.1) is 0 Å². The molecule has 43 heavy (non-hydrogen) atoms. The highest BCUT2D eigenvalue weighted by atomic mass is 15.2. The Morgan fingerprint density at radius 2 is 1.05 bits per heavy atom. The molecule has 206 valence electrons. The Morgan fingerprint density at radius 3 is 1.67 bits per heavy atom. The molecule has 0 aliphatic rings. The molecule has 0 atom stereocenters. The van der Waals surface area contributed by atoms with Crippen molar-refractivity contribution in [1.82, 2.24) is 19.1 Å². The number of benzene rings is 5. The Morgan fingerprint density at radius 1 is 0.488 bits per heavy atom. The van der Waals surface area contributed by atoms with Gasteiger partial charge in [0, 0.05) is 39.0 Å². The van der Waals surface area contributed by atoms with Crippen molar-refractivity contribution < 1.29 is 0 Å². The van der Waals surface area contributed by atoms with E-state index in [9.17, 15) is 0 Å². The molecule has 8 aromatic rings. The van der Waals surface area contributed by atoms with E-state index in [0.29, 0.717) is 5.82 Å². The van der Waals surface area contributed by atoms with Gasteiger partial charge in [0.15, 0.2) is 5.82 Å². The first-order chi connectivity index (χ1) is 21.0. The molecule has 0 aliphatic carbocycles. The Labute approximate surface area is 250 Å². The number of aromatic nitrogens is 4. The smallest absolute Gasteiger partial charge is 0.162 e. The molecule has 0 amide bonds. The third kappa shape index (κ3) is 4.14. The maximum Gasteiger partial charge on any atom is 0.162 e. The molecule has 0 bridgehead atoms. The molecule has 0 aliphatic heterocycles. The Balaban J connectivity index is 1.56. The summed E-state index contributed by atoms with van der Waals surface area (Å²) in [6, 6.07) is 45.1. The fourth-order valence-corrected chi connectivity index (χ4v) is 6.24. The third-order valence-corrected chi connectivity index (χ3v) is 8.31. The molecule has 0 fully saturated rings. The first-order valence-electron chi connectivity index (χ1n) is 14.7. The van der Waals surface area contributed by atoms with Crippen molar-refractivity contribution in [3.05, 3.63) is 144 Å². The molecule has 0 spiro atoms. The highest BCUT2D eigenvalue weighted by molar-refractivity contribution is 6.22. The summed E-state index contributed by atoms with van der Waals surface area (Å²) in [5.41, 5.74) is 11.2. The van der Waals surface area contributed by atoms with E-state index in [1.54, 1.807) is 0 Å². The lowest BCUT2D eigenvalue weighted by molar-refractivity contribution is 1.00. The maximum atomic E-state index is 5.27. The average molecular weight is 555 g/mol. The molecule has 0 radical (unpaired) electrons. The van der Waals surface area contributed by atoms with E-state index in [0.717, 1.165) is 39.5 Å². The Bertz CT molecular complexity index is 2230. The summed E-state index contributed by atoms with van der Waals surface area (Å²) in [6.07, 6.45) is 0.